The lowest BCUT2D eigenvalue weighted by atomic mass is 10.2. The number of rotatable bonds is 12. The average Bonchev–Trinajstić information content (AvgIpc) is 3.59. The van der Waals surface area contributed by atoms with Gasteiger partial charge in [0, 0.05) is 17.1 Å². The Labute approximate surface area is 252 Å². The van der Waals surface area contributed by atoms with Crippen molar-refractivity contribution in [2.24, 2.45) is 5.10 Å². The predicted molar refractivity (Wildman–Crippen MR) is 161 cm³/mol. The highest BCUT2D eigenvalue weighted by Crippen LogP contribution is 2.37. The van der Waals surface area contributed by atoms with Gasteiger partial charge < -0.3 is 27.9 Å². The van der Waals surface area contributed by atoms with Crippen LogP contribution in [0, 0.1) is 13.8 Å². The first-order valence-electron chi connectivity index (χ1n) is 13.2. The van der Waals surface area contributed by atoms with Gasteiger partial charge in [-0.05, 0) is 110 Å². The molecule has 0 aliphatic heterocycles. The van der Waals surface area contributed by atoms with E-state index in [1.807, 2.05) is 24.3 Å². The number of hydrogen-bond donors (Lipinski definition) is 1. The normalized spacial score (nSPS) is 11.8. The number of nitrogens with zero attached hydrogens (tertiary/aromatic N) is 2. The summed E-state index contributed by atoms with van der Waals surface area (Å²) in [6, 6.07) is 18.5. The molecule has 2 aromatic carbocycles. The first kappa shape index (κ1) is 30.4. The fourth-order valence-corrected chi connectivity index (χ4v) is 4.69. The van der Waals surface area contributed by atoms with Crippen LogP contribution in [0.15, 0.2) is 74.7 Å². The topological polar surface area (TPSA) is 114 Å². The van der Waals surface area contributed by atoms with Crippen LogP contribution in [0.1, 0.15) is 47.1 Å². The van der Waals surface area contributed by atoms with Crippen LogP contribution in [0.4, 0.5) is 0 Å². The summed E-state index contributed by atoms with van der Waals surface area (Å²) in [5.41, 5.74) is 6.42. The molecule has 0 fully saturated rings. The Morgan fingerprint density at radius 1 is 1.07 bits per heavy atom. The van der Waals surface area contributed by atoms with Crippen LogP contribution in [-0.4, -0.2) is 42.5 Å². The Morgan fingerprint density at radius 2 is 1.79 bits per heavy atom. The fourth-order valence-electron chi connectivity index (χ4n) is 4.13. The van der Waals surface area contributed by atoms with Gasteiger partial charge in [-0.1, -0.05) is 0 Å². The van der Waals surface area contributed by atoms with Crippen molar-refractivity contribution in [2.75, 3.05) is 13.7 Å². The molecule has 0 aliphatic carbocycles. The number of aryl methyl sites for hydroxylation is 2. The molecule has 220 valence electrons. The van der Waals surface area contributed by atoms with Gasteiger partial charge in [-0.25, -0.2) is 10.2 Å². The highest BCUT2D eigenvalue weighted by molar-refractivity contribution is 9.10. The third-order valence-electron chi connectivity index (χ3n) is 6.18. The van der Waals surface area contributed by atoms with Gasteiger partial charge in [0.2, 0.25) is 0 Å². The monoisotopic (exact) mass is 637 g/mol. The summed E-state index contributed by atoms with van der Waals surface area (Å²) in [7, 11) is 1.48. The number of furan rings is 1. The molecular formula is C31H32BrN3O7. The maximum atomic E-state index is 12.6. The number of benzene rings is 2. The molecule has 0 saturated heterocycles. The minimum absolute atomic E-state index is 0.0927. The van der Waals surface area contributed by atoms with Crippen molar-refractivity contribution in [1.29, 1.82) is 0 Å². The molecule has 10 nitrogen and oxygen atoms in total. The standard InChI is InChI=1S/C31H32BrN3O7/c1-6-39-31(37)21(4)41-29-26(32)15-22(16-28(29)38-5)17-33-34-30(36)27-14-13-25(42-27)18-40-24-11-9-23(10-12-24)35-19(2)7-8-20(35)3/h7-17,21H,6,18H2,1-5H3,(H,34,36)/b33-17+/t21-/m0/s1. The van der Waals surface area contributed by atoms with E-state index < -0.39 is 18.0 Å². The summed E-state index contributed by atoms with van der Waals surface area (Å²) in [6.45, 7) is 7.85. The second-order valence-corrected chi connectivity index (χ2v) is 10.1. The van der Waals surface area contributed by atoms with Gasteiger partial charge >= 0.3 is 11.9 Å². The molecule has 42 heavy (non-hydrogen) atoms. The van der Waals surface area contributed by atoms with E-state index >= 15 is 0 Å². The first-order valence-corrected chi connectivity index (χ1v) is 14.0. The molecule has 1 N–H and O–H groups in total. The zero-order chi connectivity index (χ0) is 30.2. The molecule has 0 saturated carbocycles. The van der Waals surface area contributed by atoms with Gasteiger partial charge in [-0.2, -0.15) is 5.10 Å². The number of hydrazone groups is 1. The van der Waals surface area contributed by atoms with Crippen molar-refractivity contribution < 1.29 is 33.0 Å². The number of nitrogens with one attached hydrogen (secondary N) is 1. The number of aromatic nitrogens is 1. The Morgan fingerprint density at radius 3 is 2.45 bits per heavy atom. The van der Waals surface area contributed by atoms with Crippen molar-refractivity contribution in [2.45, 2.75) is 40.4 Å². The third-order valence-corrected chi connectivity index (χ3v) is 6.77. The fraction of sp³-hybridized carbons (Fsp3) is 0.258. The molecule has 0 spiro atoms. The Hall–Kier alpha value is -4.51. The van der Waals surface area contributed by atoms with Gasteiger partial charge in [-0.3, -0.25) is 4.79 Å². The van der Waals surface area contributed by atoms with Gasteiger partial charge in [0.25, 0.3) is 0 Å². The lowest BCUT2D eigenvalue weighted by molar-refractivity contribution is -0.150. The Balaban J connectivity index is 1.32. The first-order chi connectivity index (χ1) is 20.2. The zero-order valence-electron chi connectivity index (χ0n) is 24.0. The van der Waals surface area contributed by atoms with E-state index in [1.165, 1.54) is 13.3 Å². The third kappa shape index (κ3) is 7.41. The largest absolute Gasteiger partial charge is 0.493 e. The Bertz CT molecular complexity index is 1550. The summed E-state index contributed by atoms with van der Waals surface area (Å²) < 4.78 is 30.3. The van der Waals surface area contributed by atoms with Crippen LogP contribution in [0.3, 0.4) is 0 Å². The van der Waals surface area contributed by atoms with Crippen molar-refractivity contribution >= 4 is 34.0 Å². The summed E-state index contributed by atoms with van der Waals surface area (Å²) in [5, 5.41) is 4.01. The van der Waals surface area contributed by atoms with Crippen LogP contribution in [0.2, 0.25) is 0 Å². The highest BCUT2D eigenvalue weighted by Gasteiger charge is 2.20. The molecule has 11 heteroatoms. The van der Waals surface area contributed by atoms with Crippen LogP contribution in [0.25, 0.3) is 5.69 Å². The van der Waals surface area contributed by atoms with Gasteiger partial charge in [0.15, 0.2) is 23.4 Å². The van der Waals surface area contributed by atoms with Crippen LogP contribution < -0.4 is 19.6 Å². The van der Waals surface area contributed by atoms with Gasteiger partial charge in [0.1, 0.15) is 18.1 Å². The Kier molecular flexibility index (Phi) is 10.1. The van der Waals surface area contributed by atoms with E-state index in [0.717, 1.165) is 17.1 Å². The second-order valence-electron chi connectivity index (χ2n) is 9.25. The van der Waals surface area contributed by atoms with Crippen LogP contribution in [0.5, 0.6) is 17.2 Å². The lowest BCUT2D eigenvalue weighted by Gasteiger charge is -2.17. The smallest absolute Gasteiger partial charge is 0.347 e. The molecular weight excluding hydrogens is 606 g/mol. The van der Waals surface area contributed by atoms with Gasteiger partial charge in [0.05, 0.1) is 24.4 Å². The molecule has 4 rings (SSSR count). The highest BCUT2D eigenvalue weighted by atomic mass is 79.9. The number of ether oxygens (including phenoxy) is 4. The van der Waals surface area contributed by atoms with E-state index in [1.54, 1.807) is 38.1 Å². The number of esters is 1. The maximum Gasteiger partial charge on any atom is 0.347 e. The predicted octanol–water partition coefficient (Wildman–Crippen LogP) is 6.13. The summed E-state index contributed by atoms with van der Waals surface area (Å²) >= 11 is 3.43. The molecule has 2 aromatic heterocycles. The molecule has 1 atom stereocenters. The SMILES string of the molecule is CCOC(=O)[C@H](C)Oc1c(Br)cc(/C=N/NC(=O)c2ccc(COc3ccc(-n4c(C)ccc4C)cc3)o2)cc1OC. The molecule has 2 heterocycles. The number of halogens is 1. The molecule has 0 aliphatic rings. The summed E-state index contributed by atoms with van der Waals surface area (Å²) in [4.78, 5) is 24.5. The minimum atomic E-state index is -0.832. The van der Waals surface area contributed by atoms with Crippen LogP contribution >= 0.6 is 15.9 Å². The quantitative estimate of drug-likeness (QED) is 0.113. The number of hydrogen-bond acceptors (Lipinski definition) is 8. The number of carbonyl (C=O) groups is 2. The molecule has 1 amide bonds. The maximum absolute atomic E-state index is 12.6. The molecule has 0 bridgehead atoms. The second kappa shape index (κ2) is 13.9. The van der Waals surface area contributed by atoms with E-state index in [4.69, 9.17) is 23.4 Å². The summed E-state index contributed by atoms with van der Waals surface area (Å²) in [6.07, 6.45) is 0.610. The lowest BCUT2D eigenvalue weighted by Crippen LogP contribution is -2.26. The van der Waals surface area contributed by atoms with Crippen molar-refractivity contribution in [3.63, 3.8) is 0 Å². The minimum Gasteiger partial charge on any atom is -0.493 e. The molecule has 4 aromatic rings. The molecule has 0 unspecified atom stereocenters. The van der Waals surface area contributed by atoms with Crippen molar-refractivity contribution in [1.82, 2.24) is 9.99 Å². The molecule has 0 radical (unpaired) electrons. The van der Waals surface area contributed by atoms with Gasteiger partial charge in [-0.15, -0.1) is 0 Å². The number of amides is 1. The average molecular weight is 639 g/mol. The van der Waals surface area contributed by atoms with Crippen LogP contribution in [-0.2, 0) is 16.1 Å². The van der Waals surface area contributed by atoms with Crippen molar-refractivity contribution in [3.8, 4) is 22.9 Å². The van der Waals surface area contributed by atoms with E-state index in [0.29, 0.717) is 33.0 Å². The van der Waals surface area contributed by atoms with E-state index in [-0.39, 0.29) is 19.0 Å². The number of carbonyl (C=O) groups excluding carboxylic acids is 2. The summed E-state index contributed by atoms with van der Waals surface area (Å²) in [5.74, 6) is 0.969. The zero-order valence-corrected chi connectivity index (χ0v) is 25.6. The van der Waals surface area contributed by atoms with E-state index in [2.05, 4.69) is 57.0 Å². The number of methoxy groups -OCH3 is 1. The van der Waals surface area contributed by atoms with Crippen molar-refractivity contribution in [3.05, 3.63) is 93.6 Å². The van der Waals surface area contributed by atoms with E-state index in [9.17, 15) is 9.59 Å².